The number of rotatable bonds is 5. The van der Waals surface area contributed by atoms with Crippen molar-refractivity contribution in [1.82, 2.24) is 0 Å². The van der Waals surface area contributed by atoms with Gasteiger partial charge in [0.2, 0.25) is 0 Å². The van der Waals surface area contributed by atoms with Crippen LogP contribution in [-0.4, -0.2) is 23.1 Å². The van der Waals surface area contributed by atoms with Gasteiger partial charge in [-0.3, -0.25) is 4.21 Å². The van der Waals surface area contributed by atoms with E-state index in [1.165, 1.54) is 0 Å². The Kier molecular flexibility index (Phi) is 5.55. The van der Waals surface area contributed by atoms with Gasteiger partial charge in [0.1, 0.15) is 5.75 Å². The molecular formula is C16H18N2O3S. The van der Waals surface area contributed by atoms with Gasteiger partial charge in [-0.15, -0.1) is 0 Å². The van der Waals surface area contributed by atoms with Crippen LogP contribution < -0.4 is 15.4 Å². The van der Waals surface area contributed by atoms with E-state index < -0.39 is 10.8 Å². The minimum Gasteiger partial charge on any atom is -0.494 e. The number of amides is 2. The van der Waals surface area contributed by atoms with E-state index >= 15 is 0 Å². The average Bonchev–Trinajstić information content (AvgIpc) is 2.48. The fourth-order valence-electron chi connectivity index (χ4n) is 1.85. The minimum atomic E-state index is -1.03. The normalized spacial score (nSPS) is 11.5. The van der Waals surface area contributed by atoms with Crippen molar-refractivity contribution in [1.29, 1.82) is 0 Å². The van der Waals surface area contributed by atoms with Crippen molar-refractivity contribution in [2.45, 2.75) is 11.8 Å². The summed E-state index contributed by atoms with van der Waals surface area (Å²) < 4.78 is 16.7. The van der Waals surface area contributed by atoms with E-state index in [1.54, 1.807) is 42.7 Å². The van der Waals surface area contributed by atoms with Crippen LogP contribution in [0.25, 0.3) is 0 Å². The van der Waals surface area contributed by atoms with Crippen molar-refractivity contribution in [3.05, 3.63) is 48.5 Å². The monoisotopic (exact) mass is 318 g/mol. The van der Waals surface area contributed by atoms with Crippen LogP contribution in [0.3, 0.4) is 0 Å². The van der Waals surface area contributed by atoms with Crippen LogP contribution in [0.2, 0.25) is 0 Å². The number of urea groups is 1. The lowest BCUT2D eigenvalue weighted by Crippen LogP contribution is -2.19. The molecule has 1 unspecified atom stereocenters. The fraction of sp³-hybridized carbons (Fsp3) is 0.188. The van der Waals surface area contributed by atoms with Crippen molar-refractivity contribution < 1.29 is 13.7 Å². The van der Waals surface area contributed by atoms with Gasteiger partial charge in [0.15, 0.2) is 0 Å². The summed E-state index contributed by atoms with van der Waals surface area (Å²) in [6, 6.07) is 13.7. The lowest BCUT2D eigenvalue weighted by Gasteiger charge is -2.09. The van der Waals surface area contributed by atoms with Gasteiger partial charge in [-0.25, -0.2) is 4.79 Å². The maximum atomic E-state index is 11.9. The highest BCUT2D eigenvalue weighted by molar-refractivity contribution is 7.84. The van der Waals surface area contributed by atoms with Crippen molar-refractivity contribution in [3.8, 4) is 5.75 Å². The van der Waals surface area contributed by atoms with Crippen molar-refractivity contribution in [2.24, 2.45) is 0 Å². The second-order valence-corrected chi connectivity index (χ2v) is 5.90. The number of nitrogens with one attached hydrogen (secondary N) is 2. The first-order valence-corrected chi connectivity index (χ1v) is 8.38. The first-order valence-electron chi connectivity index (χ1n) is 6.83. The van der Waals surface area contributed by atoms with Crippen molar-refractivity contribution >= 4 is 28.2 Å². The number of hydrogen-bond acceptors (Lipinski definition) is 3. The van der Waals surface area contributed by atoms with Crippen LogP contribution in [0.5, 0.6) is 5.75 Å². The zero-order valence-corrected chi connectivity index (χ0v) is 13.3. The van der Waals surface area contributed by atoms with E-state index in [1.807, 2.05) is 19.1 Å². The van der Waals surface area contributed by atoms with E-state index in [0.29, 0.717) is 23.7 Å². The molecule has 0 aliphatic rings. The summed E-state index contributed by atoms with van der Waals surface area (Å²) in [6.07, 6.45) is 1.61. The van der Waals surface area contributed by atoms with Gasteiger partial charge in [0.05, 0.1) is 6.61 Å². The molecule has 2 amide bonds. The summed E-state index contributed by atoms with van der Waals surface area (Å²) in [4.78, 5) is 12.7. The van der Waals surface area contributed by atoms with Crippen LogP contribution >= 0.6 is 0 Å². The highest BCUT2D eigenvalue weighted by atomic mass is 32.2. The zero-order valence-electron chi connectivity index (χ0n) is 12.5. The molecule has 2 aromatic carbocycles. The van der Waals surface area contributed by atoms with Gasteiger partial charge in [-0.2, -0.15) is 0 Å². The second kappa shape index (κ2) is 7.61. The van der Waals surface area contributed by atoms with Crippen LogP contribution in [0, 0.1) is 0 Å². The quantitative estimate of drug-likeness (QED) is 0.887. The summed E-state index contributed by atoms with van der Waals surface area (Å²) in [5.41, 5.74) is 1.28. The molecule has 0 saturated heterocycles. The lowest BCUT2D eigenvalue weighted by molar-refractivity contribution is 0.262. The van der Waals surface area contributed by atoms with E-state index in [0.717, 1.165) is 4.90 Å². The Morgan fingerprint density at radius 3 is 2.41 bits per heavy atom. The van der Waals surface area contributed by atoms with Gasteiger partial charge < -0.3 is 15.4 Å². The third-order valence-corrected chi connectivity index (χ3v) is 3.78. The summed E-state index contributed by atoms with van der Waals surface area (Å²) >= 11 is 0. The summed E-state index contributed by atoms with van der Waals surface area (Å²) in [5, 5.41) is 5.45. The minimum absolute atomic E-state index is 0.348. The number of ether oxygens (including phenoxy) is 1. The Balaban J connectivity index is 1.97. The molecule has 0 saturated carbocycles. The first-order chi connectivity index (χ1) is 10.6. The largest absolute Gasteiger partial charge is 0.494 e. The summed E-state index contributed by atoms with van der Waals surface area (Å²) in [7, 11) is -1.03. The van der Waals surface area contributed by atoms with Crippen LogP contribution in [0.15, 0.2) is 53.4 Å². The third-order valence-electron chi connectivity index (χ3n) is 2.85. The molecule has 0 aliphatic heterocycles. The molecule has 0 heterocycles. The second-order valence-electron chi connectivity index (χ2n) is 4.52. The zero-order chi connectivity index (χ0) is 15.9. The predicted molar refractivity (Wildman–Crippen MR) is 89.0 cm³/mol. The molecule has 116 valence electrons. The SMILES string of the molecule is CCOc1cccc(NC(=O)Nc2ccc(S(C)=O)cc2)c1. The molecule has 22 heavy (non-hydrogen) atoms. The Bertz CT molecular complexity index is 671. The third kappa shape index (κ3) is 4.60. The standard InChI is InChI=1S/C16H18N2O3S/c1-3-21-14-6-4-5-13(11-14)18-16(19)17-12-7-9-15(10-8-12)22(2)20/h4-11H,3H2,1-2H3,(H2,17,18,19). The van der Waals surface area contributed by atoms with E-state index in [2.05, 4.69) is 10.6 Å². The molecule has 1 atom stereocenters. The maximum Gasteiger partial charge on any atom is 0.323 e. The molecule has 2 rings (SSSR count). The van der Waals surface area contributed by atoms with Gasteiger partial charge in [0, 0.05) is 39.4 Å². The number of benzene rings is 2. The van der Waals surface area contributed by atoms with E-state index in [4.69, 9.17) is 4.74 Å². The van der Waals surface area contributed by atoms with Gasteiger partial charge >= 0.3 is 6.03 Å². The molecule has 0 aliphatic carbocycles. The molecular weight excluding hydrogens is 300 g/mol. The highest BCUT2D eigenvalue weighted by Crippen LogP contribution is 2.18. The molecule has 0 bridgehead atoms. The molecule has 6 heteroatoms. The molecule has 0 fully saturated rings. The molecule has 2 aromatic rings. The molecule has 0 aromatic heterocycles. The van der Waals surface area contributed by atoms with Crippen molar-refractivity contribution in [2.75, 3.05) is 23.5 Å². The fourth-order valence-corrected chi connectivity index (χ4v) is 2.37. The van der Waals surface area contributed by atoms with Gasteiger partial charge in [-0.05, 0) is 43.3 Å². The maximum absolute atomic E-state index is 11.9. The summed E-state index contributed by atoms with van der Waals surface area (Å²) in [5.74, 6) is 0.704. The number of hydrogen-bond donors (Lipinski definition) is 2. The predicted octanol–water partition coefficient (Wildman–Crippen LogP) is 3.47. The Hall–Kier alpha value is -2.34. The van der Waals surface area contributed by atoms with Crippen LogP contribution in [-0.2, 0) is 10.8 Å². The first kappa shape index (κ1) is 16.0. The molecule has 2 N–H and O–H groups in total. The van der Waals surface area contributed by atoms with Gasteiger partial charge in [0.25, 0.3) is 0 Å². The topological polar surface area (TPSA) is 67.4 Å². The molecule has 5 nitrogen and oxygen atoms in total. The van der Waals surface area contributed by atoms with Crippen molar-refractivity contribution in [3.63, 3.8) is 0 Å². The molecule has 0 spiro atoms. The van der Waals surface area contributed by atoms with E-state index in [9.17, 15) is 9.00 Å². The highest BCUT2D eigenvalue weighted by Gasteiger charge is 2.04. The Labute approximate surface area is 132 Å². The van der Waals surface area contributed by atoms with Crippen LogP contribution in [0.1, 0.15) is 6.92 Å². The Morgan fingerprint density at radius 2 is 1.77 bits per heavy atom. The number of anilines is 2. The average molecular weight is 318 g/mol. The van der Waals surface area contributed by atoms with Gasteiger partial charge in [-0.1, -0.05) is 6.07 Å². The Morgan fingerprint density at radius 1 is 1.09 bits per heavy atom. The molecule has 0 radical (unpaired) electrons. The summed E-state index contributed by atoms with van der Waals surface area (Å²) in [6.45, 7) is 2.47. The number of carbonyl (C=O) groups excluding carboxylic acids is 1. The smallest absolute Gasteiger partial charge is 0.323 e. The van der Waals surface area contributed by atoms with Crippen LogP contribution in [0.4, 0.5) is 16.2 Å². The number of carbonyl (C=O) groups is 1. The van der Waals surface area contributed by atoms with E-state index in [-0.39, 0.29) is 6.03 Å². The lowest BCUT2D eigenvalue weighted by atomic mass is 10.3.